The molecule has 2 unspecified atom stereocenters. The van der Waals surface area contributed by atoms with Crippen LogP contribution in [0.3, 0.4) is 0 Å². The number of hydrogen-bond acceptors (Lipinski definition) is 2. The molecule has 23 heavy (non-hydrogen) atoms. The van der Waals surface area contributed by atoms with Gasteiger partial charge in [-0.05, 0) is 30.5 Å². The number of hydrogen-bond donors (Lipinski definition) is 1. The standard InChI is InChI=1S/C21H28O2/c1-3-4-6-15-21(18-11-7-5-8-12-18)23-17(2)16-19-13-9-10-14-20(19)22/h5,7-14,17,21-22H,3-4,6,15-16H2,1-2H3. The Kier molecular flexibility index (Phi) is 7.15. The number of aromatic hydroxyl groups is 1. The Balaban J connectivity index is 2.00. The number of phenolic OH excluding ortho intramolecular Hbond substituents is 1. The Morgan fingerprint density at radius 1 is 0.957 bits per heavy atom. The summed E-state index contributed by atoms with van der Waals surface area (Å²) in [6, 6.07) is 18.0. The maximum atomic E-state index is 9.93. The minimum absolute atomic E-state index is 0.0649. The van der Waals surface area contributed by atoms with Crippen LogP contribution in [-0.2, 0) is 11.2 Å². The van der Waals surface area contributed by atoms with Crippen LogP contribution >= 0.6 is 0 Å². The van der Waals surface area contributed by atoms with Crippen molar-refractivity contribution in [1.29, 1.82) is 0 Å². The molecule has 2 nitrogen and oxygen atoms in total. The Bertz CT molecular complexity index is 565. The summed E-state index contributed by atoms with van der Waals surface area (Å²) < 4.78 is 6.33. The summed E-state index contributed by atoms with van der Waals surface area (Å²) >= 11 is 0. The first-order valence-corrected chi connectivity index (χ1v) is 8.68. The predicted molar refractivity (Wildman–Crippen MR) is 95.7 cm³/mol. The van der Waals surface area contributed by atoms with Crippen LogP contribution in [0.2, 0.25) is 0 Å². The Morgan fingerprint density at radius 2 is 1.65 bits per heavy atom. The Morgan fingerprint density at radius 3 is 2.35 bits per heavy atom. The molecule has 0 aliphatic rings. The third kappa shape index (κ3) is 5.72. The summed E-state index contributed by atoms with van der Waals surface area (Å²) in [7, 11) is 0. The second-order valence-electron chi connectivity index (χ2n) is 6.17. The van der Waals surface area contributed by atoms with E-state index in [0.29, 0.717) is 5.75 Å². The highest BCUT2D eigenvalue weighted by Gasteiger charge is 2.16. The van der Waals surface area contributed by atoms with Crippen molar-refractivity contribution in [1.82, 2.24) is 0 Å². The zero-order chi connectivity index (χ0) is 16.5. The molecule has 2 aromatic rings. The van der Waals surface area contributed by atoms with E-state index in [9.17, 15) is 5.11 Å². The number of phenols is 1. The molecule has 0 saturated carbocycles. The van der Waals surface area contributed by atoms with Crippen LogP contribution in [-0.4, -0.2) is 11.2 Å². The molecule has 0 bridgehead atoms. The zero-order valence-electron chi connectivity index (χ0n) is 14.2. The quantitative estimate of drug-likeness (QED) is 0.605. The molecule has 0 aliphatic carbocycles. The highest BCUT2D eigenvalue weighted by atomic mass is 16.5. The molecule has 0 fully saturated rings. The molecule has 0 heterocycles. The van der Waals surface area contributed by atoms with Crippen molar-refractivity contribution >= 4 is 0 Å². The molecule has 2 rings (SSSR count). The van der Waals surface area contributed by atoms with Gasteiger partial charge in [-0.2, -0.15) is 0 Å². The second-order valence-corrected chi connectivity index (χ2v) is 6.17. The van der Waals surface area contributed by atoms with Gasteiger partial charge in [-0.1, -0.05) is 74.7 Å². The summed E-state index contributed by atoms with van der Waals surface area (Å²) in [4.78, 5) is 0. The molecule has 2 aromatic carbocycles. The first-order chi connectivity index (χ1) is 11.2. The minimum Gasteiger partial charge on any atom is -0.508 e. The Hall–Kier alpha value is -1.80. The molecule has 1 N–H and O–H groups in total. The molecule has 0 amide bonds. The van der Waals surface area contributed by atoms with Gasteiger partial charge in [0.05, 0.1) is 12.2 Å². The third-order valence-corrected chi connectivity index (χ3v) is 4.14. The number of rotatable bonds is 9. The highest BCUT2D eigenvalue weighted by Crippen LogP contribution is 2.27. The van der Waals surface area contributed by atoms with Crippen molar-refractivity contribution < 1.29 is 9.84 Å². The highest BCUT2D eigenvalue weighted by molar-refractivity contribution is 5.32. The van der Waals surface area contributed by atoms with Gasteiger partial charge in [0.2, 0.25) is 0 Å². The summed E-state index contributed by atoms with van der Waals surface area (Å²) in [5.41, 5.74) is 2.19. The number of unbranched alkanes of at least 4 members (excludes halogenated alkanes) is 2. The fourth-order valence-corrected chi connectivity index (χ4v) is 2.88. The summed E-state index contributed by atoms with van der Waals surface area (Å²) in [6.45, 7) is 4.31. The minimum atomic E-state index is 0.0649. The first kappa shape index (κ1) is 17.6. The van der Waals surface area contributed by atoms with Crippen LogP contribution in [0, 0.1) is 0 Å². The van der Waals surface area contributed by atoms with Crippen LogP contribution < -0.4 is 0 Å². The SMILES string of the molecule is CCCCCC(OC(C)Cc1ccccc1O)c1ccccc1. The molecule has 2 heteroatoms. The lowest BCUT2D eigenvalue weighted by Gasteiger charge is -2.23. The van der Waals surface area contributed by atoms with E-state index in [2.05, 4.69) is 38.1 Å². The molecular weight excluding hydrogens is 284 g/mol. The van der Waals surface area contributed by atoms with E-state index < -0.39 is 0 Å². The van der Waals surface area contributed by atoms with Crippen LogP contribution in [0.5, 0.6) is 5.75 Å². The van der Waals surface area contributed by atoms with Gasteiger partial charge >= 0.3 is 0 Å². The summed E-state index contributed by atoms with van der Waals surface area (Å²) in [5.74, 6) is 0.352. The second kappa shape index (κ2) is 9.36. The smallest absolute Gasteiger partial charge is 0.118 e. The normalized spacial score (nSPS) is 13.7. The summed E-state index contributed by atoms with van der Waals surface area (Å²) in [5, 5.41) is 9.93. The van der Waals surface area contributed by atoms with Gasteiger partial charge in [0.25, 0.3) is 0 Å². The molecule has 2 atom stereocenters. The van der Waals surface area contributed by atoms with E-state index >= 15 is 0 Å². The van der Waals surface area contributed by atoms with E-state index in [-0.39, 0.29) is 12.2 Å². The van der Waals surface area contributed by atoms with E-state index in [0.717, 1.165) is 18.4 Å². The number of para-hydroxylation sites is 1. The van der Waals surface area contributed by atoms with Gasteiger partial charge < -0.3 is 9.84 Å². The molecular formula is C21H28O2. The van der Waals surface area contributed by atoms with Gasteiger partial charge in [-0.25, -0.2) is 0 Å². The van der Waals surface area contributed by atoms with Crippen LogP contribution in [0.15, 0.2) is 54.6 Å². The number of ether oxygens (including phenoxy) is 1. The van der Waals surface area contributed by atoms with Gasteiger partial charge in [0, 0.05) is 6.42 Å². The van der Waals surface area contributed by atoms with E-state index in [4.69, 9.17) is 4.74 Å². The molecule has 0 spiro atoms. The van der Waals surface area contributed by atoms with Crippen molar-refractivity contribution in [2.24, 2.45) is 0 Å². The number of benzene rings is 2. The molecule has 0 aromatic heterocycles. The molecule has 0 saturated heterocycles. The first-order valence-electron chi connectivity index (χ1n) is 8.68. The fourth-order valence-electron chi connectivity index (χ4n) is 2.88. The van der Waals surface area contributed by atoms with E-state index in [1.54, 1.807) is 6.07 Å². The van der Waals surface area contributed by atoms with Crippen molar-refractivity contribution in [3.8, 4) is 5.75 Å². The van der Waals surface area contributed by atoms with Crippen LogP contribution in [0.1, 0.15) is 56.8 Å². The topological polar surface area (TPSA) is 29.5 Å². The van der Waals surface area contributed by atoms with Gasteiger partial charge in [-0.15, -0.1) is 0 Å². The van der Waals surface area contributed by atoms with Crippen molar-refractivity contribution in [2.75, 3.05) is 0 Å². The average molecular weight is 312 g/mol. The monoisotopic (exact) mass is 312 g/mol. The van der Waals surface area contributed by atoms with Gasteiger partial charge in [0.15, 0.2) is 0 Å². The summed E-state index contributed by atoms with van der Waals surface area (Å²) in [6.07, 6.45) is 5.60. The lowest BCUT2D eigenvalue weighted by molar-refractivity contribution is -0.00914. The molecule has 124 valence electrons. The van der Waals surface area contributed by atoms with Crippen molar-refractivity contribution in [3.05, 3.63) is 65.7 Å². The van der Waals surface area contributed by atoms with Gasteiger partial charge in [0.1, 0.15) is 5.75 Å². The third-order valence-electron chi connectivity index (χ3n) is 4.14. The van der Waals surface area contributed by atoms with E-state index in [1.807, 2.05) is 24.3 Å². The maximum absolute atomic E-state index is 9.93. The van der Waals surface area contributed by atoms with Gasteiger partial charge in [-0.3, -0.25) is 0 Å². The Labute approximate surface area is 140 Å². The zero-order valence-corrected chi connectivity index (χ0v) is 14.2. The predicted octanol–water partition coefficient (Wildman–Crippen LogP) is 5.66. The largest absolute Gasteiger partial charge is 0.508 e. The average Bonchev–Trinajstić information content (AvgIpc) is 2.57. The molecule has 0 aliphatic heterocycles. The lowest BCUT2D eigenvalue weighted by Crippen LogP contribution is -2.16. The van der Waals surface area contributed by atoms with E-state index in [1.165, 1.54) is 24.8 Å². The lowest BCUT2D eigenvalue weighted by atomic mass is 10.0. The van der Waals surface area contributed by atoms with Crippen molar-refractivity contribution in [2.45, 2.75) is 58.2 Å². The fraction of sp³-hybridized carbons (Fsp3) is 0.429. The van der Waals surface area contributed by atoms with Crippen LogP contribution in [0.25, 0.3) is 0 Å². The van der Waals surface area contributed by atoms with Crippen molar-refractivity contribution in [3.63, 3.8) is 0 Å². The van der Waals surface area contributed by atoms with Crippen LogP contribution in [0.4, 0.5) is 0 Å². The maximum Gasteiger partial charge on any atom is 0.118 e. The molecule has 0 radical (unpaired) electrons.